The van der Waals surface area contributed by atoms with Gasteiger partial charge in [-0.05, 0) is 37.5 Å². The third-order valence-corrected chi connectivity index (χ3v) is 2.13. The van der Waals surface area contributed by atoms with Gasteiger partial charge in [-0.2, -0.15) is 0 Å². The third kappa shape index (κ3) is 2.46. The zero-order valence-electron chi connectivity index (χ0n) is 8.37. The summed E-state index contributed by atoms with van der Waals surface area (Å²) in [6.07, 6.45) is 0.383. The zero-order valence-corrected chi connectivity index (χ0v) is 8.37. The van der Waals surface area contributed by atoms with Crippen molar-refractivity contribution >= 4 is 0 Å². The Kier molecular flexibility index (Phi) is 3.32. The first-order valence-corrected chi connectivity index (χ1v) is 4.45. The number of rotatable bonds is 3. The van der Waals surface area contributed by atoms with E-state index in [4.69, 9.17) is 4.74 Å². The second kappa shape index (κ2) is 4.28. The van der Waals surface area contributed by atoms with Crippen LogP contribution in [-0.4, -0.2) is 18.3 Å². The predicted molar refractivity (Wildman–Crippen MR) is 53.1 cm³/mol. The Labute approximate surface area is 79.2 Å². The average molecular weight is 180 g/mol. The largest absolute Gasteiger partial charge is 0.496 e. The van der Waals surface area contributed by atoms with Crippen molar-refractivity contribution in [2.45, 2.75) is 26.4 Å². The Hall–Kier alpha value is -1.02. The highest BCUT2D eigenvalue weighted by Crippen LogP contribution is 2.21. The zero-order chi connectivity index (χ0) is 9.84. The summed E-state index contributed by atoms with van der Waals surface area (Å²) < 4.78 is 5.19. The van der Waals surface area contributed by atoms with E-state index in [0.717, 1.165) is 16.9 Å². The molecule has 0 aromatic heterocycles. The van der Waals surface area contributed by atoms with Crippen molar-refractivity contribution < 1.29 is 9.84 Å². The highest BCUT2D eigenvalue weighted by molar-refractivity contribution is 5.39. The summed E-state index contributed by atoms with van der Waals surface area (Å²) in [6.45, 7) is 3.80. The monoisotopic (exact) mass is 180 g/mol. The fraction of sp³-hybridized carbons (Fsp3) is 0.455. The van der Waals surface area contributed by atoms with E-state index >= 15 is 0 Å². The average Bonchev–Trinajstić information content (AvgIpc) is 2.08. The van der Waals surface area contributed by atoms with E-state index in [9.17, 15) is 5.11 Å². The molecule has 0 heterocycles. The summed E-state index contributed by atoms with van der Waals surface area (Å²) in [4.78, 5) is 0. The minimum atomic E-state index is -0.300. The molecule has 0 aliphatic carbocycles. The van der Waals surface area contributed by atoms with E-state index in [-0.39, 0.29) is 6.10 Å². The lowest BCUT2D eigenvalue weighted by atomic mass is 10.0. The molecule has 13 heavy (non-hydrogen) atoms. The normalized spacial score (nSPS) is 12.6. The van der Waals surface area contributed by atoms with E-state index in [1.54, 1.807) is 14.0 Å². The third-order valence-electron chi connectivity index (χ3n) is 2.13. The molecule has 1 aromatic rings. The van der Waals surface area contributed by atoms with Crippen LogP contribution >= 0.6 is 0 Å². The summed E-state index contributed by atoms with van der Waals surface area (Å²) in [5, 5.41) is 9.25. The van der Waals surface area contributed by atoms with Crippen molar-refractivity contribution in [1.29, 1.82) is 0 Å². The maximum Gasteiger partial charge on any atom is 0.122 e. The van der Waals surface area contributed by atoms with E-state index in [1.807, 2.05) is 25.1 Å². The molecule has 0 saturated heterocycles. The lowest BCUT2D eigenvalue weighted by Crippen LogP contribution is -2.06. The predicted octanol–water partition coefficient (Wildman–Crippen LogP) is 1.93. The molecule has 0 amide bonds. The molecule has 0 fully saturated rings. The van der Waals surface area contributed by atoms with Gasteiger partial charge < -0.3 is 9.84 Å². The lowest BCUT2D eigenvalue weighted by Gasteiger charge is -2.11. The fourth-order valence-corrected chi connectivity index (χ4v) is 1.42. The Morgan fingerprint density at radius 1 is 1.46 bits per heavy atom. The van der Waals surface area contributed by atoms with Crippen LogP contribution in [0.5, 0.6) is 5.75 Å². The van der Waals surface area contributed by atoms with Gasteiger partial charge in [0.15, 0.2) is 0 Å². The Morgan fingerprint density at radius 3 is 2.69 bits per heavy atom. The number of ether oxygens (including phenoxy) is 1. The van der Waals surface area contributed by atoms with Crippen molar-refractivity contribution in [3.8, 4) is 5.75 Å². The van der Waals surface area contributed by atoms with Crippen molar-refractivity contribution in [2.75, 3.05) is 7.11 Å². The van der Waals surface area contributed by atoms with Gasteiger partial charge in [0, 0.05) is 0 Å². The van der Waals surface area contributed by atoms with E-state index in [2.05, 4.69) is 0 Å². The second-order valence-corrected chi connectivity index (χ2v) is 3.30. The van der Waals surface area contributed by atoms with E-state index < -0.39 is 0 Å². The quantitative estimate of drug-likeness (QED) is 0.770. The van der Waals surface area contributed by atoms with Gasteiger partial charge in [0.2, 0.25) is 0 Å². The van der Waals surface area contributed by atoms with Gasteiger partial charge >= 0.3 is 0 Å². The van der Waals surface area contributed by atoms with Crippen molar-refractivity contribution in [2.24, 2.45) is 0 Å². The Bertz CT molecular complexity index is 279. The minimum absolute atomic E-state index is 0.300. The minimum Gasteiger partial charge on any atom is -0.496 e. The number of aliphatic hydroxyl groups excluding tert-OH is 1. The second-order valence-electron chi connectivity index (χ2n) is 3.30. The highest BCUT2D eigenvalue weighted by Gasteiger charge is 2.05. The van der Waals surface area contributed by atoms with Gasteiger partial charge in [-0.15, -0.1) is 0 Å². The molecule has 2 heteroatoms. The van der Waals surface area contributed by atoms with Crippen molar-refractivity contribution in [3.05, 3.63) is 29.3 Å². The molecule has 72 valence electrons. The number of benzene rings is 1. The topological polar surface area (TPSA) is 29.5 Å². The molecule has 1 atom stereocenters. The maximum absolute atomic E-state index is 9.25. The Morgan fingerprint density at radius 2 is 2.15 bits per heavy atom. The first-order valence-electron chi connectivity index (χ1n) is 4.45. The standard InChI is InChI=1S/C11H16O2/c1-8(12)7-10-5-4-6-11(13-3)9(10)2/h4-6,8,12H,7H2,1-3H3/t8-/m0/s1. The summed E-state index contributed by atoms with van der Waals surface area (Å²) in [6, 6.07) is 5.90. The molecule has 0 aliphatic rings. The molecule has 0 bridgehead atoms. The van der Waals surface area contributed by atoms with Crippen molar-refractivity contribution in [3.63, 3.8) is 0 Å². The van der Waals surface area contributed by atoms with Crippen LogP contribution in [0.15, 0.2) is 18.2 Å². The summed E-state index contributed by atoms with van der Waals surface area (Å²) in [5.41, 5.74) is 2.26. The van der Waals surface area contributed by atoms with Gasteiger partial charge in [-0.3, -0.25) is 0 Å². The Balaban J connectivity index is 2.94. The SMILES string of the molecule is COc1cccc(C[C@H](C)O)c1C. The molecular weight excluding hydrogens is 164 g/mol. The van der Waals surface area contributed by atoms with Gasteiger partial charge in [0.05, 0.1) is 13.2 Å². The molecular formula is C11H16O2. The van der Waals surface area contributed by atoms with Crippen LogP contribution in [-0.2, 0) is 6.42 Å². The van der Waals surface area contributed by atoms with E-state index in [1.165, 1.54) is 0 Å². The summed E-state index contributed by atoms with van der Waals surface area (Å²) >= 11 is 0. The number of aliphatic hydroxyl groups is 1. The fourth-order valence-electron chi connectivity index (χ4n) is 1.42. The van der Waals surface area contributed by atoms with Crippen LogP contribution in [0, 0.1) is 6.92 Å². The smallest absolute Gasteiger partial charge is 0.122 e. The highest BCUT2D eigenvalue weighted by atomic mass is 16.5. The van der Waals surface area contributed by atoms with Gasteiger partial charge in [-0.1, -0.05) is 12.1 Å². The van der Waals surface area contributed by atoms with E-state index in [0.29, 0.717) is 6.42 Å². The van der Waals surface area contributed by atoms with Gasteiger partial charge in [0.1, 0.15) is 5.75 Å². The number of methoxy groups -OCH3 is 1. The molecule has 1 aromatic carbocycles. The van der Waals surface area contributed by atoms with Crippen LogP contribution in [0.4, 0.5) is 0 Å². The molecule has 0 saturated carbocycles. The lowest BCUT2D eigenvalue weighted by molar-refractivity contribution is 0.195. The first-order chi connectivity index (χ1) is 6.15. The van der Waals surface area contributed by atoms with Gasteiger partial charge in [0.25, 0.3) is 0 Å². The van der Waals surface area contributed by atoms with Crippen LogP contribution in [0.2, 0.25) is 0 Å². The van der Waals surface area contributed by atoms with Crippen molar-refractivity contribution in [1.82, 2.24) is 0 Å². The summed E-state index contributed by atoms with van der Waals surface area (Å²) in [5.74, 6) is 0.887. The summed E-state index contributed by atoms with van der Waals surface area (Å²) in [7, 11) is 1.66. The maximum atomic E-state index is 9.25. The van der Waals surface area contributed by atoms with Crippen LogP contribution < -0.4 is 4.74 Å². The van der Waals surface area contributed by atoms with Crippen LogP contribution in [0.3, 0.4) is 0 Å². The molecule has 0 spiro atoms. The number of hydrogen-bond donors (Lipinski definition) is 1. The van der Waals surface area contributed by atoms with Gasteiger partial charge in [-0.25, -0.2) is 0 Å². The van der Waals surface area contributed by atoms with Crippen LogP contribution in [0.25, 0.3) is 0 Å². The molecule has 1 rings (SSSR count). The van der Waals surface area contributed by atoms with Crippen LogP contribution in [0.1, 0.15) is 18.1 Å². The molecule has 0 aliphatic heterocycles. The first kappa shape index (κ1) is 10.1. The molecule has 0 radical (unpaired) electrons. The molecule has 1 N–H and O–H groups in total. The number of hydrogen-bond acceptors (Lipinski definition) is 2. The molecule has 2 nitrogen and oxygen atoms in total. The molecule has 0 unspecified atom stereocenters.